The molecule has 0 amide bonds. The van der Waals surface area contributed by atoms with Crippen LogP contribution in [0.25, 0.3) is 10.7 Å². The molecule has 20 heavy (non-hydrogen) atoms. The molecule has 1 aliphatic rings. The zero-order valence-electron chi connectivity index (χ0n) is 11.2. The zero-order chi connectivity index (χ0) is 13.9. The van der Waals surface area contributed by atoms with Crippen LogP contribution in [0.15, 0.2) is 22.8 Å². The molecule has 1 N–H and O–H groups in total. The SMILES string of the molecule is COCc1nc(-c2ncccc2Br)sc1CNC1CC1. The standard InChI is InChI=1S/C14H16BrN3OS/c1-19-8-11-12(7-17-9-4-5-9)20-14(18-11)13-10(15)3-2-6-16-13/h2-3,6,9,17H,4-5,7-8H2,1H3. The molecule has 2 aromatic heterocycles. The highest BCUT2D eigenvalue weighted by molar-refractivity contribution is 9.10. The van der Waals surface area contributed by atoms with Crippen molar-refractivity contribution in [1.29, 1.82) is 0 Å². The summed E-state index contributed by atoms with van der Waals surface area (Å²) in [4.78, 5) is 10.3. The molecular formula is C14H16BrN3OS. The van der Waals surface area contributed by atoms with Crippen LogP contribution in [0.5, 0.6) is 0 Å². The molecule has 1 fully saturated rings. The molecule has 0 radical (unpaired) electrons. The summed E-state index contributed by atoms with van der Waals surface area (Å²) >= 11 is 5.23. The largest absolute Gasteiger partial charge is 0.378 e. The predicted octanol–water partition coefficient (Wildman–Crippen LogP) is 3.37. The van der Waals surface area contributed by atoms with Gasteiger partial charge in [-0.15, -0.1) is 11.3 Å². The van der Waals surface area contributed by atoms with Gasteiger partial charge in [0.05, 0.1) is 12.3 Å². The average molecular weight is 354 g/mol. The van der Waals surface area contributed by atoms with Crippen molar-refractivity contribution in [2.45, 2.75) is 32.0 Å². The highest BCUT2D eigenvalue weighted by atomic mass is 79.9. The molecule has 0 saturated heterocycles. The van der Waals surface area contributed by atoms with Gasteiger partial charge in [0, 0.05) is 35.2 Å². The lowest BCUT2D eigenvalue weighted by atomic mass is 10.3. The summed E-state index contributed by atoms with van der Waals surface area (Å²) in [6, 6.07) is 4.59. The summed E-state index contributed by atoms with van der Waals surface area (Å²) in [5, 5.41) is 4.48. The van der Waals surface area contributed by atoms with Crippen molar-refractivity contribution in [3.05, 3.63) is 33.4 Å². The number of hydrogen-bond acceptors (Lipinski definition) is 5. The van der Waals surface area contributed by atoms with Crippen LogP contribution in [-0.2, 0) is 17.9 Å². The molecule has 1 saturated carbocycles. The van der Waals surface area contributed by atoms with Gasteiger partial charge in [0.25, 0.3) is 0 Å². The van der Waals surface area contributed by atoms with E-state index in [1.54, 1.807) is 24.6 Å². The summed E-state index contributed by atoms with van der Waals surface area (Å²) in [5.74, 6) is 0. The van der Waals surface area contributed by atoms with E-state index in [1.165, 1.54) is 17.7 Å². The van der Waals surface area contributed by atoms with E-state index in [-0.39, 0.29) is 0 Å². The van der Waals surface area contributed by atoms with Crippen LogP contribution in [0.3, 0.4) is 0 Å². The maximum absolute atomic E-state index is 5.25. The fourth-order valence-corrected chi connectivity index (χ4v) is 3.54. The maximum atomic E-state index is 5.25. The zero-order valence-corrected chi connectivity index (χ0v) is 13.6. The van der Waals surface area contributed by atoms with Gasteiger partial charge in [-0.3, -0.25) is 4.98 Å². The minimum Gasteiger partial charge on any atom is -0.378 e. The Bertz CT molecular complexity index is 598. The summed E-state index contributed by atoms with van der Waals surface area (Å²) in [6.07, 6.45) is 4.37. The van der Waals surface area contributed by atoms with Crippen molar-refractivity contribution in [3.8, 4) is 10.7 Å². The summed E-state index contributed by atoms with van der Waals surface area (Å²) in [7, 11) is 1.70. The van der Waals surface area contributed by atoms with E-state index < -0.39 is 0 Å². The van der Waals surface area contributed by atoms with Gasteiger partial charge < -0.3 is 10.1 Å². The summed E-state index contributed by atoms with van der Waals surface area (Å²) in [5.41, 5.74) is 1.91. The van der Waals surface area contributed by atoms with Gasteiger partial charge in [-0.05, 0) is 40.9 Å². The van der Waals surface area contributed by atoms with Crippen molar-refractivity contribution < 1.29 is 4.74 Å². The number of rotatable bonds is 6. The number of pyridine rings is 1. The third kappa shape index (κ3) is 3.25. The van der Waals surface area contributed by atoms with Crippen LogP contribution < -0.4 is 5.32 Å². The second kappa shape index (κ2) is 6.30. The fourth-order valence-electron chi connectivity index (χ4n) is 1.94. The minimum atomic E-state index is 0.544. The van der Waals surface area contributed by atoms with Gasteiger partial charge in [-0.1, -0.05) is 0 Å². The smallest absolute Gasteiger partial charge is 0.143 e. The van der Waals surface area contributed by atoms with E-state index in [1.807, 2.05) is 12.1 Å². The van der Waals surface area contributed by atoms with Crippen LogP contribution in [0.1, 0.15) is 23.4 Å². The van der Waals surface area contributed by atoms with Crippen LogP contribution in [0, 0.1) is 0 Å². The first-order valence-electron chi connectivity index (χ1n) is 6.59. The van der Waals surface area contributed by atoms with E-state index >= 15 is 0 Å². The molecule has 0 aromatic carbocycles. The van der Waals surface area contributed by atoms with Crippen molar-refractivity contribution in [2.24, 2.45) is 0 Å². The van der Waals surface area contributed by atoms with Crippen molar-refractivity contribution >= 4 is 27.3 Å². The van der Waals surface area contributed by atoms with Crippen LogP contribution in [-0.4, -0.2) is 23.1 Å². The predicted molar refractivity (Wildman–Crippen MR) is 83.6 cm³/mol. The first kappa shape index (κ1) is 14.1. The molecule has 106 valence electrons. The quantitative estimate of drug-likeness (QED) is 0.864. The number of methoxy groups -OCH3 is 1. The number of nitrogens with one attached hydrogen (secondary N) is 1. The molecule has 0 unspecified atom stereocenters. The molecule has 3 rings (SSSR count). The number of aromatic nitrogens is 2. The van der Waals surface area contributed by atoms with Crippen LogP contribution >= 0.6 is 27.3 Å². The molecule has 0 bridgehead atoms. The third-order valence-electron chi connectivity index (χ3n) is 3.15. The average Bonchev–Trinajstić information content (AvgIpc) is 3.19. The number of ether oxygens (including phenoxy) is 1. The lowest BCUT2D eigenvalue weighted by Crippen LogP contribution is -2.15. The third-order valence-corrected chi connectivity index (χ3v) is 4.89. The van der Waals surface area contributed by atoms with E-state index in [4.69, 9.17) is 9.72 Å². The Morgan fingerprint density at radius 3 is 3.05 bits per heavy atom. The van der Waals surface area contributed by atoms with Gasteiger partial charge in [-0.25, -0.2) is 4.98 Å². The highest BCUT2D eigenvalue weighted by Crippen LogP contribution is 2.32. The van der Waals surface area contributed by atoms with Gasteiger partial charge in [0.15, 0.2) is 0 Å². The fraction of sp³-hybridized carbons (Fsp3) is 0.429. The summed E-state index contributed by atoms with van der Waals surface area (Å²) in [6.45, 7) is 1.41. The molecular weight excluding hydrogens is 338 g/mol. The highest BCUT2D eigenvalue weighted by Gasteiger charge is 2.22. The van der Waals surface area contributed by atoms with Gasteiger partial charge in [0.2, 0.25) is 0 Å². The second-order valence-corrected chi connectivity index (χ2v) is 6.75. The Hall–Kier alpha value is -0.820. The Balaban J connectivity index is 1.87. The molecule has 6 heteroatoms. The van der Waals surface area contributed by atoms with E-state index in [0.717, 1.165) is 27.4 Å². The number of halogens is 1. The molecule has 4 nitrogen and oxygen atoms in total. The monoisotopic (exact) mass is 353 g/mol. The number of nitrogens with zero attached hydrogens (tertiary/aromatic N) is 2. The molecule has 2 aromatic rings. The Morgan fingerprint density at radius 1 is 1.50 bits per heavy atom. The molecule has 0 aliphatic heterocycles. The molecule has 2 heterocycles. The maximum Gasteiger partial charge on any atom is 0.143 e. The summed E-state index contributed by atoms with van der Waals surface area (Å²) < 4.78 is 6.23. The van der Waals surface area contributed by atoms with E-state index in [9.17, 15) is 0 Å². The number of hydrogen-bond donors (Lipinski definition) is 1. The topological polar surface area (TPSA) is 47.0 Å². The van der Waals surface area contributed by atoms with Crippen molar-refractivity contribution in [2.75, 3.05) is 7.11 Å². The Kier molecular flexibility index (Phi) is 4.45. The molecule has 0 atom stereocenters. The molecule has 1 aliphatic carbocycles. The normalized spacial score (nSPS) is 14.7. The number of thiazole rings is 1. The Labute approximate surface area is 130 Å². The first-order valence-corrected chi connectivity index (χ1v) is 8.20. The van der Waals surface area contributed by atoms with Gasteiger partial charge in [-0.2, -0.15) is 0 Å². The minimum absolute atomic E-state index is 0.544. The lowest BCUT2D eigenvalue weighted by molar-refractivity contribution is 0.181. The first-order chi connectivity index (χ1) is 9.78. The van der Waals surface area contributed by atoms with Crippen LogP contribution in [0.2, 0.25) is 0 Å². The van der Waals surface area contributed by atoms with E-state index in [2.05, 4.69) is 26.2 Å². The Morgan fingerprint density at radius 2 is 2.35 bits per heavy atom. The van der Waals surface area contributed by atoms with E-state index in [0.29, 0.717) is 12.6 Å². The van der Waals surface area contributed by atoms with Gasteiger partial charge >= 0.3 is 0 Å². The van der Waals surface area contributed by atoms with Crippen LogP contribution in [0.4, 0.5) is 0 Å². The lowest BCUT2D eigenvalue weighted by Gasteiger charge is -2.02. The van der Waals surface area contributed by atoms with Crippen molar-refractivity contribution in [1.82, 2.24) is 15.3 Å². The van der Waals surface area contributed by atoms with Crippen molar-refractivity contribution in [3.63, 3.8) is 0 Å². The second-order valence-electron chi connectivity index (χ2n) is 4.81. The molecule has 0 spiro atoms. The van der Waals surface area contributed by atoms with Gasteiger partial charge in [0.1, 0.15) is 10.7 Å².